The Balaban J connectivity index is 1.93. The summed E-state index contributed by atoms with van der Waals surface area (Å²) in [4.78, 5) is 96.1. The van der Waals surface area contributed by atoms with Crippen molar-refractivity contribution in [2.45, 2.75) is 51.6 Å². The van der Waals surface area contributed by atoms with Crippen LogP contribution in [0.5, 0.6) is 0 Å². The van der Waals surface area contributed by atoms with Crippen LogP contribution in [0.4, 0.5) is 4.79 Å². The van der Waals surface area contributed by atoms with Gasteiger partial charge in [-0.15, -0.1) is 0 Å². The SMILES string of the molecule is [B]C(=O)CNC(=O)[C@H](CCCNC(N)=O)NC(=O)C(NC(=O)CCOCCOCCOCCOCCOCCOCCOCCOCCNC(=O)CCN1C(=O)C=CC1=O)C(C)C. The van der Waals surface area contributed by atoms with Crippen molar-refractivity contribution in [2.24, 2.45) is 11.7 Å². The van der Waals surface area contributed by atoms with Gasteiger partial charge in [0.25, 0.3) is 11.8 Å². The molecule has 0 saturated carbocycles. The van der Waals surface area contributed by atoms with Crippen molar-refractivity contribution < 1.29 is 76.3 Å². The van der Waals surface area contributed by atoms with Crippen LogP contribution >= 0.6 is 0 Å². The molecular formula is C39H66BN7O16. The lowest BCUT2D eigenvalue weighted by Crippen LogP contribution is -2.55. The second kappa shape index (κ2) is 36.9. The molecule has 23 nitrogen and oxygen atoms in total. The van der Waals surface area contributed by atoms with E-state index in [1.165, 1.54) is 12.2 Å². The molecule has 0 bridgehead atoms. The number of nitrogens with two attached hydrogens (primary N) is 1. The quantitative estimate of drug-likeness (QED) is 0.0200. The predicted octanol–water partition coefficient (Wildman–Crippen LogP) is -3.17. The van der Waals surface area contributed by atoms with Crippen LogP contribution in [0.1, 0.15) is 39.5 Å². The number of imide groups is 1. The van der Waals surface area contributed by atoms with Crippen LogP contribution in [0.25, 0.3) is 0 Å². The molecule has 7 N–H and O–H groups in total. The Bertz CT molecular complexity index is 1390. The molecule has 2 radical (unpaired) electrons. The van der Waals surface area contributed by atoms with Crippen molar-refractivity contribution in [3.8, 4) is 0 Å². The van der Waals surface area contributed by atoms with E-state index in [2.05, 4.69) is 26.6 Å². The second-order valence-electron chi connectivity index (χ2n) is 13.9. The molecule has 63 heavy (non-hydrogen) atoms. The van der Waals surface area contributed by atoms with Gasteiger partial charge in [0.15, 0.2) is 7.85 Å². The maximum atomic E-state index is 13.1. The van der Waals surface area contributed by atoms with Gasteiger partial charge < -0.3 is 75.0 Å². The third kappa shape index (κ3) is 31.0. The lowest BCUT2D eigenvalue weighted by atomic mass is 10.0. The molecule has 356 valence electrons. The molecular weight excluding hydrogens is 833 g/mol. The number of nitrogens with one attached hydrogen (secondary N) is 5. The highest BCUT2D eigenvalue weighted by molar-refractivity contribution is 6.58. The predicted molar refractivity (Wildman–Crippen MR) is 224 cm³/mol. The molecule has 1 heterocycles. The van der Waals surface area contributed by atoms with Gasteiger partial charge >= 0.3 is 6.03 Å². The Kier molecular flexibility index (Phi) is 33.1. The van der Waals surface area contributed by atoms with Gasteiger partial charge in [-0.3, -0.25) is 33.7 Å². The van der Waals surface area contributed by atoms with Gasteiger partial charge in [-0.2, -0.15) is 0 Å². The summed E-state index contributed by atoms with van der Waals surface area (Å²) in [6, 6.07) is -2.74. The molecule has 0 aromatic heterocycles. The summed E-state index contributed by atoms with van der Waals surface area (Å²) < 4.78 is 43.6. The maximum absolute atomic E-state index is 13.1. The molecule has 0 spiro atoms. The van der Waals surface area contributed by atoms with Gasteiger partial charge in [-0.1, -0.05) is 13.8 Å². The van der Waals surface area contributed by atoms with E-state index in [0.717, 1.165) is 4.90 Å². The number of carbonyl (C=O) groups is 8. The van der Waals surface area contributed by atoms with Gasteiger partial charge in [0.2, 0.25) is 23.6 Å². The zero-order chi connectivity index (χ0) is 46.5. The fraction of sp³-hybridized carbons (Fsp3) is 0.744. The Hall–Kier alpha value is -4.56. The zero-order valence-corrected chi connectivity index (χ0v) is 36.5. The fourth-order valence-corrected chi connectivity index (χ4v) is 5.15. The van der Waals surface area contributed by atoms with Crippen molar-refractivity contribution in [2.75, 3.05) is 132 Å². The number of amides is 8. The largest absolute Gasteiger partial charge is 0.379 e. The molecule has 1 aliphatic rings. The number of urea groups is 1. The highest BCUT2D eigenvalue weighted by atomic mass is 16.6. The normalized spacial score (nSPS) is 13.2. The van der Waals surface area contributed by atoms with Gasteiger partial charge in [-0.05, 0) is 18.8 Å². The topological polar surface area (TPSA) is 300 Å². The third-order valence-corrected chi connectivity index (χ3v) is 8.41. The monoisotopic (exact) mass is 899 g/mol. The van der Waals surface area contributed by atoms with Crippen molar-refractivity contribution in [3.05, 3.63) is 12.2 Å². The second-order valence-corrected chi connectivity index (χ2v) is 13.9. The molecule has 0 aliphatic carbocycles. The van der Waals surface area contributed by atoms with Gasteiger partial charge in [0.05, 0.1) is 118 Å². The third-order valence-electron chi connectivity index (χ3n) is 8.41. The first kappa shape index (κ1) is 56.5. The molecule has 8 amide bonds. The lowest BCUT2D eigenvalue weighted by molar-refractivity contribution is -0.137. The van der Waals surface area contributed by atoms with E-state index in [4.69, 9.17) is 51.5 Å². The first-order valence-electron chi connectivity index (χ1n) is 20.9. The number of rotatable bonds is 41. The number of hydrogen-bond donors (Lipinski definition) is 6. The standard InChI is InChI=1S/C39H66BN7O16/c1-29(2)36(38(54)45-30(4-3-9-43-39(41)55)37(53)44-28-31(40)48)46-33(50)8-12-56-14-16-58-18-20-60-22-24-62-26-27-63-25-23-61-21-19-59-17-15-57-13-10-42-32(49)7-11-47-34(51)5-6-35(47)52/h5-6,29-30,36H,3-4,7-28H2,1-2H3,(H,42,49)(H,44,53)(H,45,54)(H,46,50)(H3,41,43,55)/t30-,36?/m0/s1. The van der Waals surface area contributed by atoms with E-state index in [-0.39, 0.29) is 64.0 Å². The van der Waals surface area contributed by atoms with Crippen LogP contribution in [-0.4, -0.2) is 204 Å². The maximum Gasteiger partial charge on any atom is 0.312 e. The number of carbonyl (C=O) groups excluding carboxylic acids is 8. The molecule has 1 unspecified atom stereocenters. The smallest absolute Gasteiger partial charge is 0.312 e. The number of primary amides is 1. The summed E-state index contributed by atoms with van der Waals surface area (Å²) in [6.45, 7) is 9.15. The summed E-state index contributed by atoms with van der Waals surface area (Å²) in [7, 11) is 5.10. The Labute approximate surface area is 369 Å². The molecule has 0 saturated heterocycles. The average Bonchev–Trinajstić information content (AvgIpc) is 3.56. The highest BCUT2D eigenvalue weighted by Gasteiger charge is 2.29. The minimum atomic E-state index is -1.06. The van der Waals surface area contributed by atoms with Crippen molar-refractivity contribution >= 4 is 55.0 Å². The van der Waals surface area contributed by atoms with Crippen LogP contribution in [-0.2, 0) is 71.5 Å². The van der Waals surface area contributed by atoms with Crippen LogP contribution in [0.3, 0.4) is 0 Å². The molecule has 0 fully saturated rings. The summed E-state index contributed by atoms with van der Waals surface area (Å²) in [5.41, 5.74) is 4.30. The Morgan fingerprint density at radius 2 is 1.05 bits per heavy atom. The summed E-state index contributed by atoms with van der Waals surface area (Å²) in [5.74, 6) is -3.09. The van der Waals surface area contributed by atoms with Crippen molar-refractivity contribution in [3.63, 3.8) is 0 Å². The average molecular weight is 900 g/mol. The lowest BCUT2D eigenvalue weighted by Gasteiger charge is -2.25. The van der Waals surface area contributed by atoms with Crippen LogP contribution in [0.15, 0.2) is 12.2 Å². The number of hydrogen-bond acceptors (Lipinski definition) is 16. The molecule has 1 aliphatic heterocycles. The molecule has 24 heteroatoms. The summed E-state index contributed by atoms with van der Waals surface area (Å²) in [5, 5.41) is 12.7. The fourth-order valence-electron chi connectivity index (χ4n) is 5.15. The first-order valence-corrected chi connectivity index (χ1v) is 20.9. The van der Waals surface area contributed by atoms with Crippen LogP contribution in [0.2, 0.25) is 0 Å². The van der Waals surface area contributed by atoms with Crippen molar-refractivity contribution in [1.82, 2.24) is 31.5 Å². The van der Waals surface area contributed by atoms with Crippen molar-refractivity contribution in [1.29, 1.82) is 0 Å². The number of ether oxygens (including phenoxy) is 8. The minimum absolute atomic E-state index is 0.0144. The van der Waals surface area contributed by atoms with Gasteiger partial charge in [0, 0.05) is 44.6 Å². The molecule has 1 rings (SSSR count). The van der Waals surface area contributed by atoms with Gasteiger partial charge in [-0.25, -0.2) is 4.79 Å². The van der Waals surface area contributed by atoms with E-state index in [1.807, 2.05) is 0 Å². The summed E-state index contributed by atoms with van der Waals surface area (Å²) >= 11 is 0. The summed E-state index contributed by atoms with van der Waals surface area (Å²) in [6.07, 6.45) is 2.79. The van der Waals surface area contributed by atoms with Crippen LogP contribution in [0, 0.1) is 5.92 Å². The van der Waals surface area contributed by atoms with E-state index in [0.29, 0.717) is 98.9 Å². The van der Waals surface area contributed by atoms with E-state index >= 15 is 0 Å². The van der Waals surface area contributed by atoms with Gasteiger partial charge in [0.1, 0.15) is 12.1 Å². The molecule has 0 aromatic rings. The van der Waals surface area contributed by atoms with E-state index < -0.39 is 59.9 Å². The zero-order valence-electron chi connectivity index (χ0n) is 36.5. The van der Waals surface area contributed by atoms with E-state index in [1.54, 1.807) is 13.8 Å². The highest BCUT2D eigenvalue weighted by Crippen LogP contribution is 2.06. The molecule has 0 aromatic carbocycles. The van der Waals surface area contributed by atoms with Crippen LogP contribution < -0.4 is 32.3 Å². The Morgan fingerprint density at radius 3 is 1.49 bits per heavy atom. The first-order chi connectivity index (χ1) is 30.3. The molecule has 2 atom stereocenters. The minimum Gasteiger partial charge on any atom is -0.379 e. The Morgan fingerprint density at radius 1 is 0.587 bits per heavy atom. The number of nitrogens with zero attached hydrogens (tertiary/aromatic N) is 1. The van der Waals surface area contributed by atoms with E-state index in [9.17, 15) is 38.4 Å².